The molecule has 0 radical (unpaired) electrons. The number of fused-ring (bicyclic) bond motifs is 2. The van der Waals surface area contributed by atoms with E-state index in [1.165, 1.54) is 0 Å². The van der Waals surface area contributed by atoms with Crippen molar-refractivity contribution in [3.63, 3.8) is 0 Å². The smallest absolute Gasteiger partial charge is 0.227 e. The molecule has 0 unspecified atom stereocenters. The van der Waals surface area contributed by atoms with Crippen LogP contribution in [0.1, 0.15) is 0 Å². The molecule has 72 valence electrons. The molecular formula is C12H7NOS. The van der Waals surface area contributed by atoms with Crippen LogP contribution in [0, 0.1) is 4.51 Å². The Morgan fingerprint density at radius 2 is 1.80 bits per heavy atom. The minimum absolute atomic E-state index is 0.598. The molecule has 15 heavy (non-hydrogen) atoms. The second-order valence-electron chi connectivity index (χ2n) is 3.28. The zero-order chi connectivity index (χ0) is 10.3. The number of hydrogen-bond acceptors (Lipinski definition) is 3. The van der Waals surface area contributed by atoms with Crippen molar-refractivity contribution >= 4 is 34.3 Å². The van der Waals surface area contributed by atoms with Gasteiger partial charge in [0.2, 0.25) is 5.71 Å². The highest BCUT2D eigenvalue weighted by Crippen LogP contribution is 2.23. The maximum Gasteiger partial charge on any atom is 0.227 e. The third-order valence-electron chi connectivity index (χ3n) is 2.35. The van der Waals surface area contributed by atoms with Gasteiger partial charge in [-0.3, -0.25) is 0 Å². The third kappa shape index (κ3) is 1.24. The van der Waals surface area contributed by atoms with E-state index < -0.39 is 0 Å². The fraction of sp³-hybridized carbons (Fsp3) is 0. The van der Waals surface area contributed by atoms with Gasteiger partial charge < -0.3 is 4.42 Å². The van der Waals surface area contributed by atoms with Crippen LogP contribution in [-0.2, 0) is 0 Å². The van der Waals surface area contributed by atoms with Gasteiger partial charge in [-0.05, 0) is 24.3 Å². The molecule has 0 saturated heterocycles. The number of nitrogens with zero attached hydrogens (tertiary/aromatic N) is 1. The third-order valence-corrected chi connectivity index (χ3v) is 2.79. The normalized spacial score (nSPS) is 10.9. The van der Waals surface area contributed by atoms with Crippen LogP contribution in [0.3, 0.4) is 0 Å². The van der Waals surface area contributed by atoms with Crippen LogP contribution in [-0.4, -0.2) is 4.98 Å². The predicted molar refractivity (Wildman–Crippen MR) is 62.3 cm³/mol. The topological polar surface area (TPSA) is 26.0 Å². The van der Waals surface area contributed by atoms with Crippen molar-refractivity contribution in [2.45, 2.75) is 0 Å². The Bertz CT molecular complexity index is 645. The van der Waals surface area contributed by atoms with Crippen LogP contribution >= 0.6 is 12.2 Å². The van der Waals surface area contributed by atoms with Crippen LogP contribution in [0.5, 0.6) is 0 Å². The molecule has 3 rings (SSSR count). The molecular weight excluding hydrogens is 206 g/mol. The minimum Gasteiger partial charge on any atom is -0.438 e. The van der Waals surface area contributed by atoms with Gasteiger partial charge in [0.1, 0.15) is 5.58 Å². The van der Waals surface area contributed by atoms with Crippen molar-refractivity contribution < 1.29 is 4.42 Å². The summed E-state index contributed by atoms with van der Waals surface area (Å²) in [5, 5.41) is 1.86. The first-order valence-electron chi connectivity index (χ1n) is 4.63. The molecule has 0 aliphatic carbocycles. The van der Waals surface area contributed by atoms with Gasteiger partial charge in [-0.1, -0.05) is 24.4 Å². The van der Waals surface area contributed by atoms with E-state index in [1.54, 1.807) is 6.20 Å². The Balaban J connectivity index is 2.66. The Kier molecular flexibility index (Phi) is 1.79. The molecule has 0 atom stereocenters. The number of benzene rings is 1. The fourth-order valence-electron chi connectivity index (χ4n) is 1.64. The first-order valence-corrected chi connectivity index (χ1v) is 5.04. The van der Waals surface area contributed by atoms with E-state index in [-0.39, 0.29) is 0 Å². The van der Waals surface area contributed by atoms with Crippen molar-refractivity contribution in [3.8, 4) is 0 Å². The van der Waals surface area contributed by atoms with Crippen LogP contribution in [0.25, 0.3) is 22.1 Å². The molecule has 3 aromatic rings. The monoisotopic (exact) mass is 213 g/mol. The summed E-state index contributed by atoms with van der Waals surface area (Å²) < 4.78 is 6.45. The van der Waals surface area contributed by atoms with Gasteiger partial charge in [0.05, 0.1) is 9.90 Å². The van der Waals surface area contributed by atoms with Gasteiger partial charge in [0, 0.05) is 11.6 Å². The molecule has 0 bridgehead atoms. The summed E-state index contributed by atoms with van der Waals surface area (Å²) in [5.41, 5.74) is 1.38. The highest BCUT2D eigenvalue weighted by molar-refractivity contribution is 7.72. The lowest BCUT2D eigenvalue weighted by molar-refractivity contribution is 0.645. The largest absolute Gasteiger partial charge is 0.438 e. The number of pyridine rings is 1. The van der Waals surface area contributed by atoms with Gasteiger partial charge in [-0.15, -0.1) is 0 Å². The van der Waals surface area contributed by atoms with Crippen LogP contribution in [0.15, 0.2) is 47.0 Å². The maximum atomic E-state index is 5.65. The molecule has 0 saturated carbocycles. The van der Waals surface area contributed by atoms with Gasteiger partial charge in [0.15, 0.2) is 0 Å². The van der Waals surface area contributed by atoms with Gasteiger partial charge >= 0.3 is 0 Å². The number of para-hydroxylation sites is 1. The first-order chi connectivity index (χ1) is 7.36. The first kappa shape index (κ1) is 8.56. The van der Waals surface area contributed by atoms with Crippen LogP contribution in [0.4, 0.5) is 0 Å². The van der Waals surface area contributed by atoms with E-state index >= 15 is 0 Å². The summed E-state index contributed by atoms with van der Waals surface area (Å²) in [5.74, 6) is 0. The van der Waals surface area contributed by atoms with Crippen LogP contribution < -0.4 is 0 Å². The maximum absolute atomic E-state index is 5.65. The van der Waals surface area contributed by atoms with Gasteiger partial charge in [-0.2, -0.15) is 0 Å². The van der Waals surface area contributed by atoms with E-state index in [2.05, 4.69) is 4.98 Å². The standard InChI is InChI=1S/C12H7NOS/c15-11-8-4-1-2-6-10(8)14-12-9(11)5-3-7-13-12/h1-7H. The zero-order valence-electron chi connectivity index (χ0n) is 7.81. The SMILES string of the molecule is S=c1c2ccccc2oc2ncccc12. The number of aromatic nitrogens is 1. The number of hydrogen-bond donors (Lipinski definition) is 0. The Hall–Kier alpha value is -1.74. The Morgan fingerprint density at radius 3 is 2.73 bits per heavy atom. The average molecular weight is 213 g/mol. The van der Waals surface area contributed by atoms with Crippen molar-refractivity contribution in [1.29, 1.82) is 0 Å². The highest BCUT2D eigenvalue weighted by Gasteiger charge is 2.03. The van der Waals surface area contributed by atoms with Gasteiger partial charge in [0.25, 0.3) is 0 Å². The molecule has 0 aliphatic rings. The lowest BCUT2D eigenvalue weighted by Crippen LogP contribution is -1.80. The average Bonchev–Trinajstić information content (AvgIpc) is 2.30. The summed E-state index contributed by atoms with van der Waals surface area (Å²) in [4.78, 5) is 4.16. The zero-order valence-corrected chi connectivity index (χ0v) is 8.62. The molecule has 2 nitrogen and oxygen atoms in total. The molecule has 0 aliphatic heterocycles. The van der Waals surface area contributed by atoms with Crippen LogP contribution in [0.2, 0.25) is 0 Å². The summed E-state index contributed by atoms with van der Waals surface area (Å²) in [6.07, 6.45) is 1.70. The predicted octanol–water partition coefficient (Wildman–Crippen LogP) is 3.71. The van der Waals surface area contributed by atoms with Crippen molar-refractivity contribution in [2.75, 3.05) is 0 Å². The van der Waals surface area contributed by atoms with E-state index in [0.717, 1.165) is 20.9 Å². The summed E-state index contributed by atoms with van der Waals surface area (Å²) in [6, 6.07) is 11.5. The quantitative estimate of drug-likeness (QED) is 0.420. The second-order valence-corrected chi connectivity index (χ2v) is 3.69. The van der Waals surface area contributed by atoms with Crippen molar-refractivity contribution in [1.82, 2.24) is 4.98 Å². The van der Waals surface area contributed by atoms with Crippen molar-refractivity contribution in [2.24, 2.45) is 0 Å². The molecule has 0 spiro atoms. The lowest BCUT2D eigenvalue weighted by atomic mass is 10.2. The van der Waals surface area contributed by atoms with E-state index in [1.807, 2.05) is 36.4 Å². The second kappa shape index (κ2) is 3.14. The molecule has 0 amide bonds. The number of rotatable bonds is 0. The molecule has 3 heteroatoms. The molecule has 2 aromatic heterocycles. The highest BCUT2D eigenvalue weighted by atomic mass is 32.1. The molecule has 2 heterocycles. The van der Waals surface area contributed by atoms with Gasteiger partial charge in [-0.25, -0.2) is 4.98 Å². The molecule has 0 fully saturated rings. The van der Waals surface area contributed by atoms with E-state index in [0.29, 0.717) is 5.71 Å². The summed E-state index contributed by atoms with van der Waals surface area (Å²) >= 11 is 5.40. The molecule has 1 aromatic carbocycles. The summed E-state index contributed by atoms with van der Waals surface area (Å²) in [6.45, 7) is 0. The van der Waals surface area contributed by atoms with Crippen molar-refractivity contribution in [3.05, 3.63) is 47.1 Å². The minimum atomic E-state index is 0.598. The van der Waals surface area contributed by atoms with E-state index in [4.69, 9.17) is 16.6 Å². The summed E-state index contributed by atoms with van der Waals surface area (Å²) in [7, 11) is 0. The molecule has 0 N–H and O–H groups in total. The van der Waals surface area contributed by atoms with E-state index in [9.17, 15) is 0 Å². The lowest BCUT2D eigenvalue weighted by Gasteiger charge is -2.00. The fourth-order valence-corrected chi connectivity index (χ4v) is 1.96. The Morgan fingerprint density at radius 1 is 1.00 bits per heavy atom. The Labute approximate surface area is 91.2 Å².